The summed E-state index contributed by atoms with van der Waals surface area (Å²) in [7, 11) is 0. The smallest absolute Gasteiger partial charge is 0.135 e. The van der Waals surface area contributed by atoms with Gasteiger partial charge in [0.25, 0.3) is 0 Å². The highest BCUT2D eigenvalue weighted by molar-refractivity contribution is 5.80. The molecule has 0 bridgehead atoms. The molecule has 0 heterocycles. The molecule has 82 valence electrons. The van der Waals surface area contributed by atoms with Crippen LogP contribution in [0.5, 0.6) is 0 Å². The zero-order valence-corrected chi connectivity index (χ0v) is 9.92. The Morgan fingerprint density at radius 1 is 1.27 bits per heavy atom. The molecule has 1 nitrogen and oxygen atoms in total. The molecule has 0 atom stereocenters. The van der Waals surface area contributed by atoms with E-state index in [4.69, 9.17) is 0 Å². The number of benzene rings is 1. The van der Waals surface area contributed by atoms with E-state index in [1.54, 1.807) is 0 Å². The van der Waals surface area contributed by atoms with E-state index in [2.05, 4.69) is 31.2 Å². The molecule has 0 spiro atoms. The molecule has 0 amide bonds. The second-order valence-electron chi connectivity index (χ2n) is 4.40. The molecule has 1 aromatic carbocycles. The average Bonchev–Trinajstić information content (AvgIpc) is 2.20. The molecule has 0 saturated carbocycles. The monoisotopic (exact) mass is 204 g/mol. The van der Waals surface area contributed by atoms with Crippen LogP contribution in [0.4, 0.5) is 0 Å². The van der Waals surface area contributed by atoms with Crippen LogP contribution in [0.3, 0.4) is 0 Å². The standard InChI is InChI=1S/C14H20O/c1-11(2)14(15)10-6-9-13-8-5-4-7-12(13)3/h4-5,7-8,11H,6,9-10H2,1-3H3. The lowest BCUT2D eigenvalue weighted by molar-refractivity contribution is -0.121. The van der Waals surface area contributed by atoms with Crippen LogP contribution in [0.25, 0.3) is 0 Å². The number of carbonyl (C=O) groups is 1. The van der Waals surface area contributed by atoms with Crippen LogP contribution < -0.4 is 0 Å². The van der Waals surface area contributed by atoms with Crippen LogP contribution in [0, 0.1) is 12.8 Å². The van der Waals surface area contributed by atoms with Crippen molar-refractivity contribution >= 4 is 5.78 Å². The van der Waals surface area contributed by atoms with Gasteiger partial charge < -0.3 is 0 Å². The number of aryl methyl sites for hydroxylation is 2. The third-order valence-corrected chi connectivity index (χ3v) is 2.77. The van der Waals surface area contributed by atoms with E-state index in [1.165, 1.54) is 11.1 Å². The first kappa shape index (κ1) is 12.0. The van der Waals surface area contributed by atoms with Crippen molar-refractivity contribution in [1.29, 1.82) is 0 Å². The summed E-state index contributed by atoms with van der Waals surface area (Å²) in [4.78, 5) is 11.4. The largest absolute Gasteiger partial charge is 0.299 e. The van der Waals surface area contributed by atoms with Crippen molar-refractivity contribution in [2.75, 3.05) is 0 Å². The molecule has 0 fully saturated rings. The van der Waals surface area contributed by atoms with Crippen molar-refractivity contribution in [2.45, 2.75) is 40.0 Å². The lowest BCUT2D eigenvalue weighted by Gasteiger charge is -2.06. The molecule has 0 N–H and O–H groups in total. The molecule has 0 aliphatic heterocycles. The summed E-state index contributed by atoms with van der Waals surface area (Å²) in [6, 6.07) is 8.39. The zero-order valence-electron chi connectivity index (χ0n) is 9.92. The molecule has 0 saturated heterocycles. The highest BCUT2D eigenvalue weighted by atomic mass is 16.1. The molecular formula is C14H20O. The minimum Gasteiger partial charge on any atom is -0.299 e. The maximum absolute atomic E-state index is 11.4. The Morgan fingerprint density at radius 3 is 2.53 bits per heavy atom. The minimum absolute atomic E-state index is 0.182. The second kappa shape index (κ2) is 5.69. The van der Waals surface area contributed by atoms with Crippen LogP contribution in [0.15, 0.2) is 24.3 Å². The predicted molar refractivity (Wildman–Crippen MR) is 64.0 cm³/mol. The summed E-state index contributed by atoms with van der Waals surface area (Å²) in [5.41, 5.74) is 2.70. The second-order valence-corrected chi connectivity index (χ2v) is 4.40. The molecule has 0 aliphatic carbocycles. The maximum Gasteiger partial charge on any atom is 0.135 e. The van der Waals surface area contributed by atoms with Gasteiger partial charge in [-0.3, -0.25) is 4.79 Å². The number of hydrogen-bond donors (Lipinski definition) is 0. The van der Waals surface area contributed by atoms with Gasteiger partial charge in [0.1, 0.15) is 5.78 Å². The van der Waals surface area contributed by atoms with Gasteiger partial charge in [-0.05, 0) is 30.9 Å². The Bertz CT molecular complexity index is 326. The Kier molecular flexibility index (Phi) is 4.54. The van der Waals surface area contributed by atoms with Crippen molar-refractivity contribution in [2.24, 2.45) is 5.92 Å². The van der Waals surface area contributed by atoms with Gasteiger partial charge in [-0.2, -0.15) is 0 Å². The van der Waals surface area contributed by atoms with Crippen LogP contribution >= 0.6 is 0 Å². The van der Waals surface area contributed by atoms with Crippen molar-refractivity contribution in [3.8, 4) is 0 Å². The summed E-state index contributed by atoms with van der Waals surface area (Å²) in [6.45, 7) is 6.06. The summed E-state index contributed by atoms with van der Waals surface area (Å²) in [6.07, 6.45) is 2.71. The van der Waals surface area contributed by atoms with E-state index in [0.717, 1.165) is 12.8 Å². The molecule has 0 aromatic heterocycles. The first-order chi connectivity index (χ1) is 7.11. The van der Waals surface area contributed by atoms with E-state index in [9.17, 15) is 4.79 Å². The first-order valence-corrected chi connectivity index (χ1v) is 5.68. The summed E-state index contributed by atoms with van der Waals surface area (Å²) in [5, 5.41) is 0. The van der Waals surface area contributed by atoms with Crippen molar-refractivity contribution < 1.29 is 4.79 Å². The maximum atomic E-state index is 11.4. The Balaban J connectivity index is 2.38. The van der Waals surface area contributed by atoms with Gasteiger partial charge in [0.05, 0.1) is 0 Å². The lowest BCUT2D eigenvalue weighted by atomic mass is 9.99. The predicted octanol–water partition coefficient (Wildman–Crippen LogP) is 3.54. The third kappa shape index (κ3) is 3.86. The van der Waals surface area contributed by atoms with Gasteiger partial charge >= 0.3 is 0 Å². The van der Waals surface area contributed by atoms with E-state index >= 15 is 0 Å². The summed E-state index contributed by atoms with van der Waals surface area (Å²) in [5.74, 6) is 0.561. The topological polar surface area (TPSA) is 17.1 Å². The molecule has 1 aromatic rings. The molecule has 1 heteroatoms. The number of carbonyl (C=O) groups excluding carboxylic acids is 1. The van der Waals surface area contributed by atoms with Gasteiger partial charge in [-0.25, -0.2) is 0 Å². The van der Waals surface area contributed by atoms with Gasteiger partial charge in [-0.15, -0.1) is 0 Å². The van der Waals surface area contributed by atoms with Gasteiger partial charge in [0, 0.05) is 12.3 Å². The highest BCUT2D eigenvalue weighted by Crippen LogP contribution is 2.12. The van der Waals surface area contributed by atoms with Gasteiger partial charge in [-0.1, -0.05) is 38.1 Å². The van der Waals surface area contributed by atoms with Gasteiger partial charge in [0.15, 0.2) is 0 Å². The zero-order chi connectivity index (χ0) is 11.3. The van der Waals surface area contributed by atoms with Crippen molar-refractivity contribution in [3.63, 3.8) is 0 Å². The highest BCUT2D eigenvalue weighted by Gasteiger charge is 2.06. The number of ketones is 1. The summed E-state index contributed by atoms with van der Waals surface area (Å²) >= 11 is 0. The SMILES string of the molecule is Cc1ccccc1CCCC(=O)C(C)C. The normalized spacial score (nSPS) is 10.7. The molecule has 15 heavy (non-hydrogen) atoms. The molecule has 1 rings (SSSR count). The number of Topliss-reactive ketones (excluding diaryl/α,β-unsaturated/α-hetero) is 1. The number of hydrogen-bond acceptors (Lipinski definition) is 1. The minimum atomic E-state index is 0.182. The van der Waals surface area contributed by atoms with Crippen LogP contribution in [-0.4, -0.2) is 5.78 Å². The van der Waals surface area contributed by atoms with Crippen LogP contribution in [0.1, 0.15) is 37.8 Å². The fourth-order valence-electron chi connectivity index (χ4n) is 1.63. The lowest BCUT2D eigenvalue weighted by Crippen LogP contribution is -2.06. The van der Waals surface area contributed by atoms with Crippen molar-refractivity contribution in [3.05, 3.63) is 35.4 Å². The molecule has 0 radical (unpaired) electrons. The fraction of sp³-hybridized carbons (Fsp3) is 0.500. The quantitative estimate of drug-likeness (QED) is 0.717. The van der Waals surface area contributed by atoms with E-state index < -0.39 is 0 Å². The number of rotatable bonds is 5. The average molecular weight is 204 g/mol. The first-order valence-electron chi connectivity index (χ1n) is 5.68. The third-order valence-electron chi connectivity index (χ3n) is 2.77. The summed E-state index contributed by atoms with van der Waals surface area (Å²) < 4.78 is 0. The van der Waals surface area contributed by atoms with E-state index in [1.807, 2.05) is 13.8 Å². The van der Waals surface area contributed by atoms with Crippen molar-refractivity contribution in [1.82, 2.24) is 0 Å². The Labute approximate surface area is 92.5 Å². The van der Waals surface area contributed by atoms with Gasteiger partial charge in [0.2, 0.25) is 0 Å². The van der Waals surface area contributed by atoms with Crippen LogP contribution in [0.2, 0.25) is 0 Å². The Morgan fingerprint density at radius 2 is 1.93 bits per heavy atom. The van der Waals surface area contributed by atoms with Crippen LogP contribution in [-0.2, 0) is 11.2 Å². The van der Waals surface area contributed by atoms with E-state index in [0.29, 0.717) is 12.2 Å². The fourth-order valence-corrected chi connectivity index (χ4v) is 1.63. The Hall–Kier alpha value is -1.11. The van der Waals surface area contributed by atoms with E-state index in [-0.39, 0.29) is 5.92 Å². The molecule has 0 aliphatic rings. The molecular weight excluding hydrogens is 184 g/mol. The molecule has 0 unspecified atom stereocenters.